The highest BCUT2D eigenvalue weighted by Gasteiger charge is 2.32. The molecule has 3 aromatic rings. The van der Waals surface area contributed by atoms with Gasteiger partial charge in [-0.25, -0.2) is 8.42 Å². The van der Waals surface area contributed by atoms with E-state index in [1.54, 1.807) is 12.1 Å². The number of ether oxygens (including phenoxy) is 1. The van der Waals surface area contributed by atoms with Crippen molar-refractivity contribution in [1.82, 2.24) is 4.98 Å². The van der Waals surface area contributed by atoms with Crippen LogP contribution in [-0.2, 0) is 20.0 Å². The molecular formula is C23H25ClN2O4S. The Labute approximate surface area is 187 Å². The van der Waals surface area contributed by atoms with Gasteiger partial charge in [-0.15, -0.1) is 0 Å². The van der Waals surface area contributed by atoms with Crippen LogP contribution in [0.3, 0.4) is 0 Å². The number of hydrogen-bond acceptors (Lipinski definition) is 6. The van der Waals surface area contributed by atoms with Crippen molar-refractivity contribution < 1.29 is 17.6 Å². The number of morpholine rings is 1. The Hall–Kier alpha value is -2.35. The lowest BCUT2D eigenvalue weighted by atomic mass is 9.87. The number of anilines is 1. The van der Waals surface area contributed by atoms with E-state index in [9.17, 15) is 8.42 Å². The maximum absolute atomic E-state index is 13.4. The SMILES string of the molecule is CC(C)(C)c1ccc(-c2nc(S(=O)(=O)c3ccc(Cl)cc3)c(N3CCOCC3)o2)cc1. The van der Waals surface area contributed by atoms with Crippen LogP contribution < -0.4 is 4.90 Å². The minimum atomic E-state index is -3.90. The molecule has 0 atom stereocenters. The molecule has 0 saturated carbocycles. The number of nitrogens with zero attached hydrogens (tertiary/aromatic N) is 2. The Morgan fingerprint density at radius 1 is 0.968 bits per heavy atom. The number of aromatic nitrogens is 1. The molecule has 0 radical (unpaired) electrons. The summed E-state index contributed by atoms with van der Waals surface area (Å²) >= 11 is 5.94. The lowest BCUT2D eigenvalue weighted by Gasteiger charge is -2.26. The quantitative estimate of drug-likeness (QED) is 0.547. The van der Waals surface area contributed by atoms with Gasteiger partial charge in [0.05, 0.1) is 18.1 Å². The number of hydrogen-bond donors (Lipinski definition) is 0. The number of rotatable bonds is 4. The molecule has 2 heterocycles. The highest BCUT2D eigenvalue weighted by molar-refractivity contribution is 7.91. The summed E-state index contributed by atoms with van der Waals surface area (Å²) in [6.07, 6.45) is 0. The van der Waals surface area contributed by atoms with E-state index in [2.05, 4.69) is 25.8 Å². The largest absolute Gasteiger partial charge is 0.419 e. The summed E-state index contributed by atoms with van der Waals surface area (Å²) in [5, 5.41) is 0.374. The van der Waals surface area contributed by atoms with E-state index in [-0.39, 0.29) is 27.1 Å². The van der Waals surface area contributed by atoms with Crippen LogP contribution in [0.4, 0.5) is 5.88 Å². The van der Waals surface area contributed by atoms with Crippen molar-refractivity contribution in [3.63, 3.8) is 0 Å². The fourth-order valence-electron chi connectivity index (χ4n) is 3.40. The molecule has 164 valence electrons. The summed E-state index contributed by atoms with van der Waals surface area (Å²) in [5.41, 5.74) is 1.90. The molecule has 1 saturated heterocycles. The van der Waals surface area contributed by atoms with Crippen molar-refractivity contribution in [1.29, 1.82) is 0 Å². The molecule has 2 aromatic carbocycles. The van der Waals surface area contributed by atoms with Crippen molar-refractivity contribution in [2.45, 2.75) is 36.1 Å². The lowest BCUT2D eigenvalue weighted by Crippen LogP contribution is -2.36. The van der Waals surface area contributed by atoms with Gasteiger partial charge in [0.2, 0.25) is 26.6 Å². The first-order valence-corrected chi connectivity index (χ1v) is 12.0. The molecule has 0 spiro atoms. The molecule has 1 aromatic heterocycles. The van der Waals surface area contributed by atoms with Crippen LogP contribution in [0.2, 0.25) is 5.02 Å². The van der Waals surface area contributed by atoms with Crippen LogP contribution >= 0.6 is 11.6 Å². The van der Waals surface area contributed by atoms with Gasteiger partial charge in [0, 0.05) is 23.7 Å². The van der Waals surface area contributed by atoms with Crippen molar-refractivity contribution in [2.75, 3.05) is 31.2 Å². The summed E-state index contributed by atoms with van der Waals surface area (Å²) in [6, 6.07) is 13.9. The highest BCUT2D eigenvalue weighted by Crippen LogP contribution is 2.36. The predicted octanol–water partition coefficient (Wildman–Crippen LogP) is 4.96. The summed E-state index contributed by atoms with van der Waals surface area (Å²) < 4.78 is 38.3. The molecule has 4 rings (SSSR count). The Bertz CT molecular complexity index is 1160. The summed E-state index contributed by atoms with van der Waals surface area (Å²) in [5.74, 6) is 0.516. The minimum absolute atomic E-state index is 0.0111. The smallest absolute Gasteiger partial charge is 0.236 e. The van der Waals surface area contributed by atoms with Gasteiger partial charge in [-0.2, -0.15) is 4.98 Å². The third-order valence-corrected chi connectivity index (χ3v) is 7.17. The van der Waals surface area contributed by atoms with Crippen molar-refractivity contribution in [2.24, 2.45) is 0 Å². The van der Waals surface area contributed by atoms with E-state index in [1.807, 2.05) is 29.2 Å². The third-order valence-electron chi connectivity index (χ3n) is 5.25. The topological polar surface area (TPSA) is 72.6 Å². The number of sulfone groups is 1. The van der Waals surface area contributed by atoms with E-state index in [0.29, 0.717) is 31.3 Å². The van der Waals surface area contributed by atoms with Gasteiger partial charge in [-0.3, -0.25) is 0 Å². The van der Waals surface area contributed by atoms with Gasteiger partial charge in [0.15, 0.2) is 0 Å². The average Bonchev–Trinajstić information content (AvgIpc) is 3.21. The zero-order chi connectivity index (χ0) is 22.2. The van der Waals surface area contributed by atoms with Crippen molar-refractivity contribution in [3.8, 4) is 11.5 Å². The molecule has 0 aliphatic carbocycles. The second kappa shape index (κ2) is 8.30. The second-order valence-corrected chi connectivity index (χ2v) is 10.8. The molecule has 6 nitrogen and oxygen atoms in total. The van der Waals surface area contributed by atoms with Gasteiger partial charge in [0.1, 0.15) is 0 Å². The van der Waals surface area contributed by atoms with E-state index in [1.165, 1.54) is 17.7 Å². The van der Waals surface area contributed by atoms with Gasteiger partial charge < -0.3 is 14.1 Å². The van der Waals surface area contributed by atoms with E-state index < -0.39 is 9.84 Å². The fourth-order valence-corrected chi connectivity index (χ4v) is 4.85. The Balaban J connectivity index is 1.80. The normalized spacial score (nSPS) is 15.3. The van der Waals surface area contributed by atoms with Gasteiger partial charge in [0.25, 0.3) is 0 Å². The molecule has 0 amide bonds. The first-order chi connectivity index (χ1) is 14.7. The number of halogens is 1. The molecule has 8 heteroatoms. The molecule has 31 heavy (non-hydrogen) atoms. The summed E-state index contributed by atoms with van der Waals surface area (Å²) in [6.45, 7) is 8.47. The van der Waals surface area contributed by atoms with E-state index in [4.69, 9.17) is 20.8 Å². The molecule has 1 aliphatic heterocycles. The van der Waals surface area contributed by atoms with Crippen molar-refractivity contribution in [3.05, 3.63) is 59.1 Å². The van der Waals surface area contributed by atoms with Crippen LogP contribution in [0.5, 0.6) is 0 Å². The lowest BCUT2D eigenvalue weighted by molar-refractivity contribution is 0.120. The van der Waals surface area contributed by atoms with Crippen LogP contribution in [-0.4, -0.2) is 39.7 Å². The number of benzene rings is 2. The zero-order valence-corrected chi connectivity index (χ0v) is 19.3. The van der Waals surface area contributed by atoms with Crippen LogP contribution in [0.25, 0.3) is 11.5 Å². The molecule has 0 unspecified atom stereocenters. The van der Waals surface area contributed by atoms with Crippen LogP contribution in [0.15, 0.2) is 62.9 Å². The van der Waals surface area contributed by atoms with Gasteiger partial charge in [-0.1, -0.05) is 44.5 Å². The third kappa shape index (κ3) is 4.49. The average molecular weight is 461 g/mol. The first-order valence-electron chi connectivity index (χ1n) is 10.1. The zero-order valence-electron chi connectivity index (χ0n) is 17.8. The van der Waals surface area contributed by atoms with Gasteiger partial charge in [-0.05, 0) is 47.4 Å². The van der Waals surface area contributed by atoms with Crippen molar-refractivity contribution >= 4 is 27.3 Å². The highest BCUT2D eigenvalue weighted by atomic mass is 35.5. The Kier molecular flexibility index (Phi) is 5.85. The standard InChI is InChI=1S/C23H25ClN2O4S/c1-23(2,3)17-6-4-16(5-7-17)20-25-21(22(30-20)26-12-14-29-15-13-26)31(27,28)19-10-8-18(24)9-11-19/h4-11H,12-15H2,1-3H3. The summed E-state index contributed by atoms with van der Waals surface area (Å²) in [7, 11) is -3.90. The van der Waals surface area contributed by atoms with E-state index in [0.717, 1.165) is 5.56 Å². The van der Waals surface area contributed by atoms with Crippen LogP contribution in [0, 0.1) is 0 Å². The fraction of sp³-hybridized carbons (Fsp3) is 0.348. The monoisotopic (exact) mass is 460 g/mol. The second-order valence-electron chi connectivity index (χ2n) is 8.51. The minimum Gasteiger partial charge on any atom is -0.419 e. The molecule has 0 bridgehead atoms. The molecule has 1 aliphatic rings. The maximum Gasteiger partial charge on any atom is 0.236 e. The maximum atomic E-state index is 13.4. The Morgan fingerprint density at radius 2 is 1.58 bits per heavy atom. The first kappa shape index (κ1) is 21.9. The molecule has 0 N–H and O–H groups in total. The van der Waals surface area contributed by atoms with Gasteiger partial charge >= 0.3 is 0 Å². The number of oxazole rings is 1. The predicted molar refractivity (Wildman–Crippen MR) is 121 cm³/mol. The molecule has 1 fully saturated rings. The Morgan fingerprint density at radius 3 is 2.16 bits per heavy atom. The molecular weight excluding hydrogens is 436 g/mol. The summed E-state index contributed by atoms with van der Waals surface area (Å²) in [4.78, 5) is 6.44. The van der Waals surface area contributed by atoms with E-state index >= 15 is 0 Å². The van der Waals surface area contributed by atoms with Crippen LogP contribution in [0.1, 0.15) is 26.3 Å².